The van der Waals surface area contributed by atoms with Crippen molar-refractivity contribution in [3.05, 3.63) is 18.0 Å². The monoisotopic (exact) mass is 306 g/mol. The van der Waals surface area contributed by atoms with Gasteiger partial charge in [0.2, 0.25) is 0 Å². The number of anilines is 1. The van der Waals surface area contributed by atoms with Crippen LogP contribution in [0.1, 0.15) is 30.1 Å². The highest BCUT2D eigenvalue weighted by Crippen LogP contribution is 2.38. The van der Waals surface area contributed by atoms with E-state index in [2.05, 4.69) is 22.3 Å². The van der Waals surface area contributed by atoms with Gasteiger partial charge in [-0.25, -0.2) is 9.78 Å². The summed E-state index contributed by atoms with van der Waals surface area (Å²) in [6.45, 7) is 2.96. The lowest BCUT2D eigenvalue weighted by atomic mass is 10.1. The van der Waals surface area contributed by atoms with Crippen LogP contribution in [0.5, 0.6) is 0 Å². The molecule has 7 heteroatoms. The second-order valence-corrected chi connectivity index (χ2v) is 7.30. The average Bonchev–Trinajstić information content (AvgIpc) is 3.04. The number of carboxylic acid groups (broad SMARTS) is 1. The van der Waals surface area contributed by atoms with Gasteiger partial charge in [0.05, 0.1) is 17.3 Å². The van der Waals surface area contributed by atoms with Crippen molar-refractivity contribution in [3.8, 4) is 0 Å². The van der Waals surface area contributed by atoms with E-state index in [4.69, 9.17) is 0 Å². The van der Waals surface area contributed by atoms with Crippen molar-refractivity contribution in [2.24, 2.45) is 7.05 Å². The highest BCUT2D eigenvalue weighted by atomic mass is 32.2. The summed E-state index contributed by atoms with van der Waals surface area (Å²) in [5.74, 6) is 0.197. The second kappa shape index (κ2) is 5.22. The molecule has 1 atom stereocenters. The largest absolute Gasteiger partial charge is 0.478 e. The molecule has 2 aromatic heterocycles. The molecule has 0 bridgehead atoms. The molecule has 1 fully saturated rings. The Kier molecular flexibility index (Phi) is 3.52. The number of aromatic carboxylic acids is 1. The van der Waals surface area contributed by atoms with Crippen molar-refractivity contribution in [3.63, 3.8) is 0 Å². The molecule has 21 heavy (non-hydrogen) atoms. The lowest BCUT2D eigenvalue weighted by Crippen LogP contribution is -2.27. The first-order valence-electron chi connectivity index (χ1n) is 6.92. The van der Waals surface area contributed by atoms with Crippen LogP contribution in [0.4, 0.5) is 5.69 Å². The van der Waals surface area contributed by atoms with E-state index in [9.17, 15) is 9.90 Å². The van der Waals surface area contributed by atoms with Gasteiger partial charge in [0.15, 0.2) is 5.65 Å². The summed E-state index contributed by atoms with van der Waals surface area (Å²) in [5, 5.41) is 17.6. The number of nitrogens with zero attached hydrogens (tertiary/aromatic N) is 3. The minimum absolute atomic E-state index is 0.160. The zero-order valence-electron chi connectivity index (χ0n) is 12.1. The lowest BCUT2D eigenvalue weighted by Gasteiger charge is -2.24. The number of rotatable bonds is 4. The first-order valence-corrected chi connectivity index (χ1v) is 7.90. The molecule has 3 heterocycles. The Morgan fingerprint density at radius 3 is 3.05 bits per heavy atom. The van der Waals surface area contributed by atoms with Crippen molar-refractivity contribution < 1.29 is 9.90 Å². The van der Waals surface area contributed by atoms with E-state index >= 15 is 0 Å². The highest BCUT2D eigenvalue weighted by Gasteiger charge is 2.30. The summed E-state index contributed by atoms with van der Waals surface area (Å²) in [7, 11) is 1.80. The molecule has 6 nitrogen and oxygen atoms in total. The fourth-order valence-corrected chi connectivity index (χ4v) is 3.94. The van der Waals surface area contributed by atoms with Gasteiger partial charge in [-0.1, -0.05) is 0 Å². The van der Waals surface area contributed by atoms with Crippen molar-refractivity contribution in [2.75, 3.05) is 17.6 Å². The molecular weight excluding hydrogens is 288 g/mol. The molecule has 2 aromatic rings. The van der Waals surface area contributed by atoms with E-state index in [0.29, 0.717) is 11.3 Å². The Hall–Kier alpha value is -1.76. The first kappa shape index (κ1) is 14.2. The maximum absolute atomic E-state index is 11.4. The van der Waals surface area contributed by atoms with Crippen LogP contribution in [0.25, 0.3) is 11.0 Å². The number of aromatic nitrogens is 3. The molecule has 1 aliphatic heterocycles. The normalized spacial score (nSPS) is 21.8. The first-order chi connectivity index (χ1) is 10.0. The number of thioether (sulfide) groups is 1. The van der Waals surface area contributed by atoms with Gasteiger partial charge >= 0.3 is 5.97 Å². The summed E-state index contributed by atoms with van der Waals surface area (Å²) >= 11 is 1.94. The minimum atomic E-state index is -0.972. The van der Waals surface area contributed by atoms with Crippen LogP contribution in [-0.4, -0.2) is 42.9 Å². The smallest absolute Gasteiger partial charge is 0.339 e. The van der Waals surface area contributed by atoms with Crippen LogP contribution >= 0.6 is 11.8 Å². The Balaban J connectivity index is 1.98. The quantitative estimate of drug-likeness (QED) is 0.902. The van der Waals surface area contributed by atoms with E-state index < -0.39 is 5.97 Å². The number of pyridine rings is 1. The average molecular weight is 306 g/mol. The highest BCUT2D eigenvalue weighted by molar-refractivity contribution is 8.00. The molecule has 112 valence electrons. The fraction of sp³-hybridized carbons (Fsp3) is 0.500. The summed E-state index contributed by atoms with van der Waals surface area (Å²) in [6, 6.07) is 0. The minimum Gasteiger partial charge on any atom is -0.478 e. The van der Waals surface area contributed by atoms with Crippen LogP contribution in [0.15, 0.2) is 12.4 Å². The summed E-state index contributed by atoms with van der Waals surface area (Å²) in [6.07, 6.45) is 5.43. The van der Waals surface area contributed by atoms with Crippen molar-refractivity contribution in [2.45, 2.75) is 24.5 Å². The van der Waals surface area contributed by atoms with Gasteiger partial charge in [0, 0.05) is 24.5 Å². The van der Waals surface area contributed by atoms with Gasteiger partial charge in [-0.05, 0) is 25.5 Å². The zero-order valence-corrected chi connectivity index (χ0v) is 12.9. The van der Waals surface area contributed by atoms with Gasteiger partial charge in [0.25, 0.3) is 0 Å². The van der Waals surface area contributed by atoms with Gasteiger partial charge in [-0.15, -0.1) is 0 Å². The van der Waals surface area contributed by atoms with E-state index in [1.54, 1.807) is 17.9 Å². The molecule has 2 N–H and O–H groups in total. The molecule has 1 unspecified atom stereocenters. The predicted octanol–water partition coefficient (Wildman–Crippen LogP) is 2.36. The number of hydrogen-bond donors (Lipinski definition) is 2. The topological polar surface area (TPSA) is 80.0 Å². The number of fused-ring (bicyclic) bond motifs is 1. The van der Waals surface area contributed by atoms with Crippen LogP contribution in [0.3, 0.4) is 0 Å². The van der Waals surface area contributed by atoms with Gasteiger partial charge in [-0.2, -0.15) is 16.9 Å². The summed E-state index contributed by atoms with van der Waals surface area (Å²) < 4.78 is 1.81. The van der Waals surface area contributed by atoms with Crippen LogP contribution in [0, 0.1) is 0 Å². The van der Waals surface area contributed by atoms with E-state index in [0.717, 1.165) is 18.4 Å². The van der Waals surface area contributed by atoms with Crippen molar-refractivity contribution in [1.82, 2.24) is 14.8 Å². The number of nitrogens with one attached hydrogen (secondary N) is 1. The van der Waals surface area contributed by atoms with E-state index in [-0.39, 0.29) is 10.3 Å². The van der Waals surface area contributed by atoms with Gasteiger partial charge < -0.3 is 10.4 Å². The lowest BCUT2D eigenvalue weighted by molar-refractivity contribution is 0.0697. The molecular formula is C14H18N4O2S. The molecule has 3 rings (SSSR count). The third kappa shape index (κ3) is 2.57. The van der Waals surface area contributed by atoms with E-state index in [1.807, 2.05) is 11.8 Å². The zero-order chi connectivity index (χ0) is 15.0. The maximum Gasteiger partial charge on any atom is 0.339 e. The Morgan fingerprint density at radius 1 is 1.57 bits per heavy atom. The third-order valence-electron chi connectivity index (χ3n) is 3.93. The number of aryl methyl sites for hydroxylation is 1. The van der Waals surface area contributed by atoms with Crippen molar-refractivity contribution in [1.29, 1.82) is 0 Å². The molecule has 0 spiro atoms. The van der Waals surface area contributed by atoms with Crippen LogP contribution in [0.2, 0.25) is 0 Å². The third-order valence-corrected chi connectivity index (χ3v) is 5.47. The predicted molar refractivity (Wildman–Crippen MR) is 84.1 cm³/mol. The number of carbonyl (C=O) groups is 1. The summed E-state index contributed by atoms with van der Waals surface area (Å²) in [4.78, 5) is 15.6. The second-order valence-electron chi connectivity index (χ2n) is 5.61. The summed E-state index contributed by atoms with van der Waals surface area (Å²) in [5.41, 5.74) is 1.50. The Labute approximate surface area is 126 Å². The molecule has 1 aliphatic rings. The van der Waals surface area contributed by atoms with Gasteiger partial charge in [0.1, 0.15) is 5.56 Å². The molecule has 0 amide bonds. The molecule has 0 aliphatic carbocycles. The van der Waals surface area contributed by atoms with E-state index in [1.165, 1.54) is 18.4 Å². The number of carboxylic acids is 1. The SMILES string of the molecule is Cn1ncc2c(NCC3(C)CCCS3)c(C(=O)O)cnc21. The Bertz CT molecular complexity index is 692. The van der Waals surface area contributed by atoms with Crippen LogP contribution < -0.4 is 5.32 Å². The van der Waals surface area contributed by atoms with Crippen molar-refractivity contribution >= 4 is 34.5 Å². The fourth-order valence-electron chi connectivity index (χ4n) is 2.70. The van der Waals surface area contributed by atoms with Crippen LogP contribution in [-0.2, 0) is 7.05 Å². The molecule has 0 aromatic carbocycles. The molecule has 0 saturated carbocycles. The van der Waals surface area contributed by atoms with Gasteiger partial charge in [-0.3, -0.25) is 4.68 Å². The molecule has 0 radical (unpaired) electrons. The Morgan fingerprint density at radius 2 is 2.38 bits per heavy atom. The number of hydrogen-bond acceptors (Lipinski definition) is 5. The maximum atomic E-state index is 11.4. The standard InChI is InChI=1S/C14H18N4O2S/c1-14(4-3-5-21-14)8-16-11-9-7-17-18(2)12(9)15-6-10(11)13(19)20/h6-7H,3-5,8H2,1-2H3,(H,15,16)(H,19,20). The molecule has 1 saturated heterocycles.